The molecule has 0 aliphatic heterocycles. The SMILES string of the molecule is N#CCNC(=O)CNCCCOCCO. The van der Waals surface area contributed by atoms with Crippen molar-refractivity contribution in [1.82, 2.24) is 10.6 Å². The molecule has 0 rings (SSSR count). The van der Waals surface area contributed by atoms with Crippen LogP contribution in [0.25, 0.3) is 0 Å². The van der Waals surface area contributed by atoms with Crippen LogP contribution in [0.1, 0.15) is 6.42 Å². The van der Waals surface area contributed by atoms with E-state index >= 15 is 0 Å². The molecule has 0 heterocycles. The highest BCUT2D eigenvalue weighted by atomic mass is 16.5. The Balaban J connectivity index is 3.10. The first-order valence-electron chi connectivity index (χ1n) is 4.84. The van der Waals surface area contributed by atoms with Gasteiger partial charge in [0.1, 0.15) is 6.54 Å². The van der Waals surface area contributed by atoms with E-state index in [0.29, 0.717) is 19.8 Å². The van der Waals surface area contributed by atoms with Crippen LogP contribution in [-0.2, 0) is 9.53 Å². The number of rotatable bonds is 9. The Kier molecular flexibility index (Phi) is 10.1. The minimum Gasteiger partial charge on any atom is -0.394 e. The molecule has 0 aromatic carbocycles. The maximum absolute atomic E-state index is 10.9. The third-order valence-corrected chi connectivity index (χ3v) is 1.53. The third-order valence-electron chi connectivity index (χ3n) is 1.53. The van der Waals surface area contributed by atoms with Crippen LogP contribution in [0.2, 0.25) is 0 Å². The first kappa shape index (κ1) is 13.8. The molecule has 0 unspecified atom stereocenters. The summed E-state index contributed by atoms with van der Waals surface area (Å²) in [4.78, 5) is 10.9. The van der Waals surface area contributed by atoms with Crippen LogP contribution in [0.3, 0.4) is 0 Å². The summed E-state index contributed by atoms with van der Waals surface area (Å²) in [6.07, 6.45) is 0.783. The monoisotopic (exact) mass is 215 g/mol. The summed E-state index contributed by atoms with van der Waals surface area (Å²) in [5.74, 6) is -0.187. The van der Waals surface area contributed by atoms with Gasteiger partial charge in [-0.25, -0.2) is 0 Å². The van der Waals surface area contributed by atoms with Gasteiger partial charge in [0.2, 0.25) is 5.91 Å². The number of carbonyl (C=O) groups is 1. The Bertz CT molecular complexity index is 203. The first-order chi connectivity index (χ1) is 7.31. The van der Waals surface area contributed by atoms with Gasteiger partial charge in [-0.1, -0.05) is 0 Å². The molecular formula is C9H17N3O3. The molecule has 6 heteroatoms. The molecule has 0 spiro atoms. The van der Waals surface area contributed by atoms with Gasteiger partial charge in [-0.05, 0) is 13.0 Å². The second kappa shape index (κ2) is 10.9. The summed E-state index contributed by atoms with van der Waals surface area (Å²) in [6.45, 7) is 1.87. The van der Waals surface area contributed by atoms with Gasteiger partial charge in [0.25, 0.3) is 0 Å². The van der Waals surface area contributed by atoms with Crippen LogP contribution in [0.4, 0.5) is 0 Å². The van der Waals surface area contributed by atoms with Crippen molar-refractivity contribution >= 4 is 5.91 Å². The molecule has 86 valence electrons. The second-order valence-corrected chi connectivity index (χ2v) is 2.80. The first-order valence-corrected chi connectivity index (χ1v) is 4.84. The van der Waals surface area contributed by atoms with Crippen LogP contribution < -0.4 is 10.6 Å². The predicted molar refractivity (Wildman–Crippen MR) is 54.0 cm³/mol. The molecule has 0 aromatic heterocycles. The average Bonchev–Trinajstić information content (AvgIpc) is 2.25. The normalized spacial score (nSPS) is 9.60. The summed E-state index contributed by atoms with van der Waals surface area (Å²) in [7, 11) is 0. The van der Waals surface area contributed by atoms with E-state index in [1.165, 1.54) is 0 Å². The van der Waals surface area contributed by atoms with Crippen molar-refractivity contribution in [1.29, 1.82) is 5.26 Å². The van der Waals surface area contributed by atoms with Crippen molar-refractivity contribution in [2.45, 2.75) is 6.42 Å². The van der Waals surface area contributed by atoms with E-state index in [0.717, 1.165) is 6.42 Å². The zero-order chi connectivity index (χ0) is 11.4. The molecule has 0 saturated carbocycles. The molecular weight excluding hydrogens is 198 g/mol. The van der Waals surface area contributed by atoms with Crippen LogP contribution in [-0.4, -0.2) is 50.5 Å². The standard InChI is InChI=1S/C9H17N3O3/c10-2-4-12-9(14)8-11-3-1-6-15-7-5-13/h11,13H,1,3-8H2,(H,12,14). The van der Waals surface area contributed by atoms with Crippen molar-refractivity contribution in [3.63, 3.8) is 0 Å². The van der Waals surface area contributed by atoms with Crippen LogP contribution in [0.15, 0.2) is 0 Å². The number of hydrogen-bond acceptors (Lipinski definition) is 5. The van der Waals surface area contributed by atoms with Gasteiger partial charge >= 0.3 is 0 Å². The van der Waals surface area contributed by atoms with E-state index < -0.39 is 0 Å². The molecule has 0 aliphatic rings. The van der Waals surface area contributed by atoms with Gasteiger partial charge in [0.05, 0.1) is 25.8 Å². The lowest BCUT2D eigenvalue weighted by Crippen LogP contribution is -2.34. The highest BCUT2D eigenvalue weighted by Crippen LogP contribution is 1.79. The molecule has 15 heavy (non-hydrogen) atoms. The Morgan fingerprint density at radius 2 is 2.27 bits per heavy atom. The molecule has 3 N–H and O–H groups in total. The van der Waals surface area contributed by atoms with E-state index in [9.17, 15) is 4.79 Å². The smallest absolute Gasteiger partial charge is 0.234 e. The summed E-state index contributed by atoms with van der Waals surface area (Å²) in [5.41, 5.74) is 0. The summed E-state index contributed by atoms with van der Waals surface area (Å²) in [5, 5.41) is 21.9. The summed E-state index contributed by atoms with van der Waals surface area (Å²) >= 11 is 0. The summed E-state index contributed by atoms with van der Waals surface area (Å²) in [6, 6.07) is 1.82. The van der Waals surface area contributed by atoms with Crippen molar-refractivity contribution in [2.75, 3.05) is 39.5 Å². The molecule has 0 aromatic rings. The van der Waals surface area contributed by atoms with E-state index in [-0.39, 0.29) is 25.6 Å². The Morgan fingerprint density at radius 1 is 1.47 bits per heavy atom. The van der Waals surface area contributed by atoms with Crippen LogP contribution in [0, 0.1) is 11.3 Å². The maximum Gasteiger partial charge on any atom is 0.234 e. The fraction of sp³-hybridized carbons (Fsp3) is 0.778. The zero-order valence-corrected chi connectivity index (χ0v) is 8.66. The molecule has 1 amide bonds. The minimum absolute atomic E-state index is 0.0317. The lowest BCUT2D eigenvalue weighted by molar-refractivity contribution is -0.120. The van der Waals surface area contributed by atoms with E-state index in [1.54, 1.807) is 0 Å². The molecule has 0 atom stereocenters. The lowest BCUT2D eigenvalue weighted by atomic mass is 10.4. The topological polar surface area (TPSA) is 94.4 Å². The van der Waals surface area contributed by atoms with Gasteiger partial charge in [-0.2, -0.15) is 5.26 Å². The molecule has 0 bridgehead atoms. The summed E-state index contributed by atoms with van der Waals surface area (Å²) < 4.78 is 5.02. The van der Waals surface area contributed by atoms with Crippen LogP contribution >= 0.6 is 0 Å². The lowest BCUT2D eigenvalue weighted by Gasteiger charge is -2.04. The van der Waals surface area contributed by atoms with Crippen molar-refractivity contribution < 1.29 is 14.6 Å². The number of nitrogens with zero attached hydrogens (tertiary/aromatic N) is 1. The van der Waals surface area contributed by atoms with E-state index in [2.05, 4.69) is 10.6 Å². The Morgan fingerprint density at radius 3 is 2.93 bits per heavy atom. The largest absolute Gasteiger partial charge is 0.394 e. The zero-order valence-electron chi connectivity index (χ0n) is 8.66. The number of ether oxygens (including phenoxy) is 1. The van der Waals surface area contributed by atoms with Crippen molar-refractivity contribution in [3.8, 4) is 6.07 Å². The number of amides is 1. The highest BCUT2D eigenvalue weighted by Gasteiger charge is 1.97. The number of nitrogens with one attached hydrogen (secondary N) is 2. The maximum atomic E-state index is 10.9. The van der Waals surface area contributed by atoms with Gasteiger partial charge in [-0.3, -0.25) is 4.79 Å². The molecule has 0 radical (unpaired) electrons. The van der Waals surface area contributed by atoms with Gasteiger partial charge < -0.3 is 20.5 Å². The third kappa shape index (κ3) is 10.8. The fourth-order valence-corrected chi connectivity index (χ4v) is 0.868. The predicted octanol–water partition coefficient (Wildman–Crippen LogP) is -1.39. The quantitative estimate of drug-likeness (QED) is 0.325. The fourth-order valence-electron chi connectivity index (χ4n) is 0.868. The number of nitriles is 1. The van der Waals surface area contributed by atoms with Crippen molar-refractivity contribution in [2.24, 2.45) is 0 Å². The molecule has 0 fully saturated rings. The number of aliphatic hydroxyl groups is 1. The van der Waals surface area contributed by atoms with Crippen molar-refractivity contribution in [3.05, 3.63) is 0 Å². The van der Waals surface area contributed by atoms with Gasteiger partial charge in [0, 0.05) is 6.61 Å². The van der Waals surface area contributed by atoms with Gasteiger partial charge in [0.15, 0.2) is 0 Å². The Hall–Kier alpha value is -1.16. The molecule has 6 nitrogen and oxygen atoms in total. The Labute approximate surface area is 89.2 Å². The minimum atomic E-state index is -0.187. The van der Waals surface area contributed by atoms with Crippen LogP contribution in [0.5, 0.6) is 0 Å². The second-order valence-electron chi connectivity index (χ2n) is 2.80. The highest BCUT2D eigenvalue weighted by molar-refractivity contribution is 5.78. The van der Waals surface area contributed by atoms with E-state index in [4.69, 9.17) is 15.1 Å². The number of carbonyl (C=O) groups excluding carboxylic acids is 1. The molecule has 0 aliphatic carbocycles. The van der Waals surface area contributed by atoms with E-state index in [1.807, 2.05) is 6.07 Å². The molecule has 0 saturated heterocycles. The number of hydrogen-bond donors (Lipinski definition) is 3. The number of aliphatic hydroxyl groups excluding tert-OH is 1. The average molecular weight is 215 g/mol. The van der Waals surface area contributed by atoms with Gasteiger partial charge in [-0.15, -0.1) is 0 Å².